The summed E-state index contributed by atoms with van der Waals surface area (Å²) in [5, 5.41) is 6.99. The molecule has 152 valence electrons. The predicted molar refractivity (Wildman–Crippen MR) is 90.7 cm³/mol. The van der Waals surface area contributed by atoms with E-state index >= 15 is 0 Å². The molecule has 0 unspecified atom stereocenters. The number of esters is 1. The van der Waals surface area contributed by atoms with Crippen molar-refractivity contribution < 1.29 is 36.8 Å². The Hall–Kier alpha value is -3.24. The van der Waals surface area contributed by atoms with E-state index in [2.05, 4.69) is 9.89 Å². The van der Waals surface area contributed by atoms with Gasteiger partial charge in [0.1, 0.15) is 11.5 Å². The molecule has 1 atom stereocenters. The third kappa shape index (κ3) is 4.35. The van der Waals surface area contributed by atoms with Crippen molar-refractivity contribution >= 4 is 17.7 Å². The third-order valence-corrected chi connectivity index (χ3v) is 3.60. The molecule has 0 radical (unpaired) electrons. The summed E-state index contributed by atoms with van der Waals surface area (Å²) in [5.74, 6) is -2.71. The first-order valence-electron chi connectivity index (χ1n) is 8.05. The largest absolute Gasteiger partial charge is 0.497 e. The van der Waals surface area contributed by atoms with E-state index in [1.165, 1.54) is 45.2 Å². The molecule has 11 heteroatoms. The Morgan fingerprint density at radius 1 is 1.21 bits per heavy atom. The minimum atomic E-state index is -5.27. The van der Waals surface area contributed by atoms with Crippen LogP contribution in [0.4, 0.5) is 19.0 Å². The number of aromatic nitrogens is 1. The van der Waals surface area contributed by atoms with E-state index in [0.29, 0.717) is 5.75 Å². The lowest BCUT2D eigenvalue weighted by molar-refractivity contribution is -0.204. The Balaban J connectivity index is 2.44. The molecule has 0 saturated heterocycles. The highest BCUT2D eigenvalue weighted by molar-refractivity contribution is 5.99. The van der Waals surface area contributed by atoms with Gasteiger partial charge in [0.2, 0.25) is 0 Å². The number of halogens is 3. The van der Waals surface area contributed by atoms with E-state index in [-0.39, 0.29) is 17.9 Å². The molecule has 2 rings (SSSR count). The average molecular weight is 401 g/mol. The van der Waals surface area contributed by atoms with Crippen LogP contribution in [-0.2, 0) is 9.53 Å². The fourth-order valence-electron chi connectivity index (χ4n) is 2.23. The smallest absolute Gasteiger partial charge is 0.441 e. The Morgan fingerprint density at radius 2 is 1.86 bits per heavy atom. The molecular formula is C17H18F3N3O5. The summed E-state index contributed by atoms with van der Waals surface area (Å²) in [6.45, 7) is 2.45. The Morgan fingerprint density at radius 3 is 2.32 bits per heavy atom. The van der Waals surface area contributed by atoms with E-state index in [9.17, 15) is 22.8 Å². The van der Waals surface area contributed by atoms with Crippen molar-refractivity contribution in [3.8, 4) is 5.75 Å². The van der Waals surface area contributed by atoms with Gasteiger partial charge in [0.15, 0.2) is 5.82 Å². The van der Waals surface area contributed by atoms with E-state index in [1.807, 2.05) is 5.32 Å². The number of aryl methyl sites for hydroxylation is 1. The zero-order valence-corrected chi connectivity index (χ0v) is 15.2. The standard InChI is InChI=1S/C17H18F3N3O5/c1-4-27-15(25)16(17(18,19)20,21-13-9-10(2)28-23-13)22-14(24)11-5-7-12(26-3)8-6-11/h5-9H,4H2,1-3H3,(H,21,23)(H,22,24)/t16-/m1/s1. The molecule has 28 heavy (non-hydrogen) atoms. The van der Waals surface area contributed by atoms with E-state index in [1.54, 1.807) is 5.32 Å². The molecule has 1 aromatic carbocycles. The van der Waals surface area contributed by atoms with Crippen molar-refractivity contribution in [1.82, 2.24) is 10.5 Å². The van der Waals surface area contributed by atoms with Gasteiger partial charge in [-0.1, -0.05) is 5.16 Å². The summed E-state index contributed by atoms with van der Waals surface area (Å²) in [6, 6.07) is 6.42. The van der Waals surface area contributed by atoms with Gasteiger partial charge in [0.25, 0.3) is 5.91 Å². The van der Waals surface area contributed by atoms with Gasteiger partial charge in [-0.25, -0.2) is 4.79 Å². The first kappa shape index (κ1) is 21.1. The van der Waals surface area contributed by atoms with Crippen molar-refractivity contribution in [2.75, 3.05) is 19.0 Å². The number of hydrogen-bond donors (Lipinski definition) is 2. The van der Waals surface area contributed by atoms with Crippen molar-refractivity contribution in [3.05, 3.63) is 41.7 Å². The number of amides is 1. The number of hydrogen-bond acceptors (Lipinski definition) is 7. The van der Waals surface area contributed by atoms with Crippen molar-refractivity contribution in [3.63, 3.8) is 0 Å². The van der Waals surface area contributed by atoms with Gasteiger partial charge in [-0.15, -0.1) is 0 Å². The summed E-state index contributed by atoms with van der Waals surface area (Å²) in [5.41, 5.74) is -3.71. The maximum atomic E-state index is 14.0. The lowest BCUT2D eigenvalue weighted by Crippen LogP contribution is -2.69. The first-order chi connectivity index (χ1) is 13.1. The van der Waals surface area contributed by atoms with Crippen LogP contribution in [0.15, 0.2) is 34.9 Å². The van der Waals surface area contributed by atoms with Crippen molar-refractivity contribution in [2.45, 2.75) is 25.7 Å². The average Bonchev–Trinajstić information content (AvgIpc) is 3.05. The molecule has 0 spiro atoms. The van der Waals surface area contributed by atoms with Crippen LogP contribution in [-0.4, -0.2) is 42.6 Å². The van der Waals surface area contributed by atoms with Gasteiger partial charge >= 0.3 is 17.8 Å². The Bertz CT molecular complexity index is 835. The summed E-state index contributed by atoms with van der Waals surface area (Å²) in [7, 11) is 1.40. The molecule has 0 bridgehead atoms. The molecule has 1 aromatic heterocycles. The van der Waals surface area contributed by atoms with Crippen LogP contribution in [0.3, 0.4) is 0 Å². The number of methoxy groups -OCH3 is 1. The summed E-state index contributed by atoms with van der Waals surface area (Å²) >= 11 is 0. The van der Waals surface area contributed by atoms with Gasteiger partial charge in [0, 0.05) is 11.6 Å². The van der Waals surface area contributed by atoms with Crippen LogP contribution >= 0.6 is 0 Å². The van der Waals surface area contributed by atoms with Crippen LogP contribution in [0.1, 0.15) is 23.0 Å². The van der Waals surface area contributed by atoms with Gasteiger partial charge in [-0.3, -0.25) is 4.79 Å². The van der Waals surface area contributed by atoms with Crippen molar-refractivity contribution in [2.24, 2.45) is 0 Å². The van der Waals surface area contributed by atoms with Crippen LogP contribution < -0.4 is 15.4 Å². The van der Waals surface area contributed by atoms with E-state index in [0.717, 1.165) is 6.07 Å². The molecule has 1 amide bonds. The molecule has 0 saturated carbocycles. The normalized spacial score (nSPS) is 13.4. The van der Waals surface area contributed by atoms with Crippen LogP contribution in [0.2, 0.25) is 0 Å². The minimum Gasteiger partial charge on any atom is -0.497 e. The SMILES string of the molecule is CCOC(=O)[C@](NC(=O)c1ccc(OC)cc1)(Nc1cc(C)on1)C(F)(F)F. The van der Waals surface area contributed by atoms with Crippen LogP contribution in [0.25, 0.3) is 0 Å². The first-order valence-corrected chi connectivity index (χ1v) is 8.05. The molecule has 0 aliphatic heterocycles. The molecule has 8 nitrogen and oxygen atoms in total. The highest BCUT2D eigenvalue weighted by Crippen LogP contribution is 2.33. The molecule has 2 aromatic rings. The van der Waals surface area contributed by atoms with Crippen molar-refractivity contribution in [1.29, 1.82) is 0 Å². The van der Waals surface area contributed by atoms with Crippen LogP contribution in [0, 0.1) is 6.92 Å². The van der Waals surface area contributed by atoms with Gasteiger partial charge < -0.3 is 24.6 Å². The molecule has 1 heterocycles. The molecule has 0 aliphatic carbocycles. The molecular weight excluding hydrogens is 383 g/mol. The summed E-state index contributed by atoms with van der Waals surface area (Å²) in [4.78, 5) is 24.8. The molecule has 0 fully saturated rings. The number of anilines is 1. The Kier molecular flexibility index (Phi) is 6.16. The molecule has 2 N–H and O–H groups in total. The highest BCUT2D eigenvalue weighted by Gasteiger charge is 2.64. The lowest BCUT2D eigenvalue weighted by atomic mass is 10.1. The number of benzene rings is 1. The van der Waals surface area contributed by atoms with Gasteiger partial charge in [-0.05, 0) is 38.1 Å². The number of nitrogens with one attached hydrogen (secondary N) is 2. The van der Waals surface area contributed by atoms with Crippen LogP contribution in [0.5, 0.6) is 5.75 Å². The monoisotopic (exact) mass is 401 g/mol. The predicted octanol–water partition coefficient (Wildman–Crippen LogP) is 2.66. The summed E-state index contributed by atoms with van der Waals surface area (Å²) < 4.78 is 56.2. The lowest BCUT2D eigenvalue weighted by Gasteiger charge is -2.34. The maximum Gasteiger partial charge on any atom is 0.441 e. The second kappa shape index (κ2) is 8.19. The number of carbonyl (C=O) groups is 2. The van der Waals surface area contributed by atoms with Gasteiger partial charge in [0.05, 0.1) is 13.7 Å². The zero-order valence-electron chi connectivity index (χ0n) is 15.2. The minimum absolute atomic E-state index is 0.128. The fraction of sp³-hybridized carbons (Fsp3) is 0.353. The quantitative estimate of drug-likeness (QED) is 0.543. The number of alkyl halides is 3. The topological polar surface area (TPSA) is 103 Å². The second-order valence-electron chi connectivity index (χ2n) is 5.60. The summed E-state index contributed by atoms with van der Waals surface area (Å²) in [6.07, 6.45) is -5.27. The van der Waals surface area contributed by atoms with E-state index < -0.39 is 29.5 Å². The highest BCUT2D eigenvalue weighted by atomic mass is 19.4. The fourth-order valence-corrected chi connectivity index (χ4v) is 2.23. The maximum absolute atomic E-state index is 14.0. The number of nitrogens with zero attached hydrogens (tertiary/aromatic N) is 1. The Labute approximate surface area is 158 Å². The zero-order chi connectivity index (χ0) is 20.9. The number of ether oxygens (including phenoxy) is 2. The second-order valence-corrected chi connectivity index (χ2v) is 5.60. The van der Waals surface area contributed by atoms with Gasteiger partial charge in [-0.2, -0.15) is 13.2 Å². The number of rotatable bonds is 7. The third-order valence-electron chi connectivity index (χ3n) is 3.60. The number of carbonyl (C=O) groups excluding carboxylic acids is 2. The molecule has 0 aliphatic rings. The van der Waals surface area contributed by atoms with E-state index in [4.69, 9.17) is 9.26 Å².